The van der Waals surface area contributed by atoms with Crippen LogP contribution < -0.4 is 29.6 Å². The third-order valence-electron chi connectivity index (χ3n) is 14.0. The minimum atomic E-state index is -0.917. The SMILES string of the molecule is COc1cc(C2c3cc4c(cc3[C@@H](NC(=O)NCCCN(CCCN(CCCCN(CCCCC(=O)OC(C)(C)C)C(=O)OC(C)(C)C)C(=O)OC(C)(C)C)C(=O)OC(C)(C)C)[C@H]3COC(=O)[C@H]23)OCO4)cc(C)c1OC(=O)OCc1ccccc1. The van der Waals surface area contributed by atoms with Crippen molar-refractivity contribution in [1.82, 2.24) is 25.3 Å². The Morgan fingerprint density at radius 1 is 0.616 bits per heavy atom. The number of carbonyl (C=O) groups excluding carboxylic acids is 7. The summed E-state index contributed by atoms with van der Waals surface area (Å²) in [6.45, 7) is 25.2. The molecule has 2 N–H and O–H groups in total. The highest BCUT2D eigenvalue weighted by molar-refractivity contribution is 5.81. The molecule has 1 fully saturated rings. The number of hydrogen-bond donors (Lipinski definition) is 2. The van der Waals surface area contributed by atoms with E-state index in [1.807, 2.05) is 69.3 Å². The van der Waals surface area contributed by atoms with Crippen molar-refractivity contribution < 1.29 is 80.9 Å². The summed E-state index contributed by atoms with van der Waals surface area (Å²) in [5.74, 6) is -1.29. The van der Waals surface area contributed by atoms with Crippen molar-refractivity contribution in [3.63, 3.8) is 0 Å². The standard InChI is InChI=1S/C64H91N5O17/c1-41-34-43(35-49(77-14)54(41)82-60(76)79-38-42-24-16-15-17-25-42)51-44-36-47-48(81-40-80-47)37-45(44)53(46-39-78-55(71)52(46)51)66-56(72)65-27-22-31-69(59(75)86-64(11,12)13)33-23-32-68(58(74)85-63(8,9)10)30-21-20-29-67(57(73)84-62(5,6)7)28-19-18-26-50(70)83-61(2,3)4/h15-17,24-25,34-37,46,51-53H,18-23,26-33,38-40H2,1-14H3,(H2,65,66,72)/t46-,51?,52-,53+/m0/s1. The predicted octanol–water partition coefficient (Wildman–Crippen LogP) is 11.5. The second-order valence-corrected chi connectivity index (χ2v) is 25.9. The zero-order valence-corrected chi connectivity index (χ0v) is 52.8. The Morgan fingerprint density at radius 3 is 1.66 bits per heavy atom. The van der Waals surface area contributed by atoms with Gasteiger partial charge in [-0.3, -0.25) is 9.59 Å². The topological polar surface area (TPSA) is 246 Å². The molecule has 0 radical (unpaired) electrons. The van der Waals surface area contributed by atoms with E-state index in [9.17, 15) is 33.6 Å². The van der Waals surface area contributed by atoms with Gasteiger partial charge in [0.15, 0.2) is 23.0 Å². The van der Waals surface area contributed by atoms with Crippen molar-refractivity contribution in [3.8, 4) is 23.0 Å². The molecule has 3 aliphatic rings. The number of hydrogen-bond acceptors (Lipinski definition) is 17. The van der Waals surface area contributed by atoms with Gasteiger partial charge in [-0.1, -0.05) is 36.4 Å². The Balaban J connectivity index is 1.09. The first-order valence-corrected chi connectivity index (χ1v) is 29.8. The van der Waals surface area contributed by atoms with E-state index in [0.717, 1.165) is 5.56 Å². The van der Waals surface area contributed by atoms with Gasteiger partial charge in [-0.05, 0) is 175 Å². The summed E-state index contributed by atoms with van der Waals surface area (Å²) < 4.78 is 57.1. The lowest BCUT2D eigenvalue weighted by molar-refractivity contribution is -0.155. The first-order valence-electron chi connectivity index (χ1n) is 29.8. The smallest absolute Gasteiger partial charge is 0.493 e. The highest BCUT2D eigenvalue weighted by Gasteiger charge is 2.53. The maximum absolute atomic E-state index is 14.0. The van der Waals surface area contributed by atoms with Crippen molar-refractivity contribution in [2.45, 2.75) is 176 Å². The number of unbranched alkanes of at least 4 members (excludes halogenated alkanes) is 2. The molecule has 0 aromatic heterocycles. The van der Waals surface area contributed by atoms with Crippen LogP contribution in [0.5, 0.6) is 23.0 Å². The fourth-order valence-corrected chi connectivity index (χ4v) is 10.4. The summed E-state index contributed by atoms with van der Waals surface area (Å²) in [4.78, 5) is 98.7. The zero-order chi connectivity index (χ0) is 63.1. The molecule has 2 heterocycles. The van der Waals surface area contributed by atoms with Crippen LogP contribution in [0.2, 0.25) is 0 Å². The molecule has 6 rings (SSSR count). The molecule has 1 saturated heterocycles. The maximum Gasteiger partial charge on any atom is 0.514 e. The first-order chi connectivity index (χ1) is 40.4. The first kappa shape index (κ1) is 67.5. The van der Waals surface area contributed by atoms with E-state index in [2.05, 4.69) is 10.6 Å². The van der Waals surface area contributed by atoms with Gasteiger partial charge in [-0.15, -0.1) is 0 Å². The van der Waals surface area contributed by atoms with E-state index in [0.29, 0.717) is 91.9 Å². The Morgan fingerprint density at radius 2 is 1.13 bits per heavy atom. The number of aryl methyl sites for hydroxylation is 1. The number of methoxy groups -OCH3 is 1. The lowest BCUT2D eigenvalue weighted by Gasteiger charge is -2.39. The summed E-state index contributed by atoms with van der Waals surface area (Å²) in [6, 6.07) is 15.2. The monoisotopic (exact) mass is 1200 g/mol. The van der Waals surface area contributed by atoms with Gasteiger partial charge < -0.3 is 72.7 Å². The molecule has 22 nitrogen and oxygen atoms in total. The lowest BCUT2D eigenvalue weighted by Crippen LogP contribution is -2.46. The van der Waals surface area contributed by atoms with Gasteiger partial charge in [0.2, 0.25) is 6.79 Å². The minimum absolute atomic E-state index is 0.00798. The van der Waals surface area contributed by atoms with Crippen LogP contribution >= 0.6 is 0 Å². The Bertz CT molecular complexity index is 2830. The van der Waals surface area contributed by atoms with Gasteiger partial charge in [0.05, 0.1) is 25.7 Å². The van der Waals surface area contributed by atoms with E-state index in [4.69, 9.17) is 47.4 Å². The number of esters is 2. The van der Waals surface area contributed by atoms with Gasteiger partial charge in [0.1, 0.15) is 29.0 Å². The van der Waals surface area contributed by atoms with Crippen LogP contribution in [0.3, 0.4) is 0 Å². The molecule has 22 heteroatoms. The zero-order valence-electron chi connectivity index (χ0n) is 52.8. The highest BCUT2D eigenvalue weighted by atomic mass is 16.7. The van der Waals surface area contributed by atoms with Crippen molar-refractivity contribution in [2.24, 2.45) is 11.8 Å². The van der Waals surface area contributed by atoms with Crippen LogP contribution in [0, 0.1) is 18.8 Å². The largest absolute Gasteiger partial charge is 0.514 e. The molecule has 474 valence electrons. The van der Waals surface area contributed by atoms with Crippen LogP contribution in [-0.4, -0.2) is 146 Å². The van der Waals surface area contributed by atoms with Crippen molar-refractivity contribution in [3.05, 3.63) is 82.4 Å². The Kier molecular flexibility index (Phi) is 23.3. The van der Waals surface area contributed by atoms with Gasteiger partial charge in [-0.2, -0.15) is 0 Å². The number of nitrogens with zero attached hydrogens (tertiary/aromatic N) is 3. The molecule has 1 aliphatic carbocycles. The van der Waals surface area contributed by atoms with Gasteiger partial charge in [-0.25, -0.2) is 24.0 Å². The quantitative estimate of drug-likeness (QED) is 0.0366. The Labute approximate surface area is 506 Å². The summed E-state index contributed by atoms with van der Waals surface area (Å²) in [5.41, 5.74) is 0.514. The second-order valence-electron chi connectivity index (χ2n) is 25.9. The molecular weight excluding hydrogens is 1110 g/mol. The fourth-order valence-electron chi connectivity index (χ4n) is 10.4. The van der Waals surface area contributed by atoms with E-state index in [-0.39, 0.29) is 70.1 Å². The number of amides is 5. The van der Waals surface area contributed by atoms with E-state index in [1.54, 1.807) is 90.0 Å². The minimum Gasteiger partial charge on any atom is -0.493 e. The van der Waals surface area contributed by atoms with Crippen molar-refractivity contribution in [2.75, 3.05) is 66.3 Å². The number of nitrogens with one attached hydrogen (secondary N) is 2. The van der Waals surface area contributed by atoms with Gasteiger partial charge >= 0.3 is 42.4 Å². The number of ether oxygens (including phenoxy) is 10. The van der Waals surface area contributed by atoms with Crippen LogP contribution in [-0.2, 0) is 44.6 Å². The second kappa shape index (κ2) is 29.6. The molecule has 1 unspecified atom stereocenters. The molecule has 0 spiro atoms. The summed E-state index contributed by atoms with van der Waals surface area (Å²) in [7, 11) is 1.45. The maximum atomic E-state index is 14.0. The lowest BCUT2D eigenvalue weighted by atomic mass is 9.65. The molecule has 0 bridgehead atoms. The average Bonchev–Trinajstić information content (AvgIpc) is 1.59. The average molecular weight is 1200 g/mol. The molecule has 2 aliphatic heterocycles. The predicted molar refractivity (Wildman–Crippen MR) is 318 cm³/mol. The van der Waals surface area contributed by atoms with Crippen LogP contribution in [0.25, 0.3) is 0 Å². The summed E-state index contributed by atoms with van der Waals surface area (Å²) in [5, 5.41) is 6.07. The summed E-state index contributed by atoms with van der Waals surface area (Å²) in [6.07, 6.45) is 0.644. The number of rotatable bonds is 24. The third-order valence-corrected chi connectivity index (χ3v) is 14.0. The molecule has 0 saturated carbocycles. The molecule has 5 amide bonds. The molecule has 4 atom stereocenters. The van der Waals surface area contributed by atoms with Crippen LogP contribution in [0.4, 0.5) is 24.0 Å². The molecular formula is C64H91N5O17. The number of urea groups is 1. The molecule has 3 aromatic rings. The number of fused-ring (bicyclic) bond motifs is 3. The van der Waals surface area contributed by atoms with E-state index >= 15 is 0 Å². The van der Waals surface area contributed by atoms with Crippen molar-refractivity contribution in [1.29, 1.82) is 0 Å². The fraction of sp³-hybridized carbons (Fsp3) is 0.609. The highest BCUT2D eigenvalue weighted by Crippen LogP contribution is 2.55. The number of carbonyl (C=O) groups is 7. The van der Waals surface area contributed by atoms with E-state index in [1.165, 1.54) is 7.11 Å². The van der Waals surface area contributed by atoms with E-state index < -0.39 is 82.6 Å². The summed E-state index contributed by atoms with van der Waals surface area (Å²) >= 11 is 0. The molecule has 86 heavy (non-hydrogen) atoms. The van der Waals surface area contributed by atoms with Crippen molar-refractivity contribution >= 4 is 42.4 Å². The third kappa shape index (κ3) is 20.5. The van der Waals surface area contributed by atoms with Gasteiger partial charge in [0, 0.05) is 64.1 Å². The van der Waals surface area contributed by atoms with Crippen LogP contribution in [0.15, 0.2) is 54.6 Å². The molecule has 3 aromatic carbocycles. The number of benzene rings is 3. The normalized spacial score (nSPS) is 17.0. The van der Waals surface area contributed by atoms with Crippen LogP contribution in [0.1, 0.15) is 168 Å². The Hall–Kier alpha value is -7.65. The van der Waals surface area contributed by atoms with Gasteiger partial charge in [0.25, 0.3) is 0 Å². The number of cyclic esters (lactones) is 1.